The maximum absolute atomic E-state index is 12.9. The number of rotatable bonds is 3. The van der Waals surface area contributed by atoms with Gasteiger partial charge in [-0.3, -0.25) is 4.68 Å². The Kier molecular flexibility index (Phi) is 3.64. The van der Waals surface area contributed by atoms with Crippen molar-refractivity contribution in [3.8, 4) is 0 Å². The van der Waals surface area contributed by atoms with Gasteiger partial charge in [0.2, 0.25) is 0 Å². The van der Waals surface area contributed by atoms with Crippen molar-refractivity contribution >= 4 is 5.82 Å². The van der Waals surface area contributed by atoms with Gasteiger partial charge in [0.05, 0.1) is 31.6 Å². The quantitative estimate of drug-likeness (QED) is 0.854. The third-order valence-corrected chi connectivity index (χ3v) is 3.33. The maximum Gasteiger partial charge on any atom is 0.141 e. The number of aromatic nitrogens is 3. The zero-order valence-electron chi connectivity index (χ0n) is 11.4. The van der Waals surface area contributed by atoms with Gasteiger partial charge in [-0.25, -0.2) is 9.37 Å². The summed E-state index contributed by atoms with van der Waals surface area (Å²) in [7, 11) is 0. The molecule has 5 nitrogen and oxygen atoms in total. The number of ether oxygens (including phenoxy) is 1. The second-order valence-electron chi connectivity index (χ2n) is 5.01. The number of nitrogens with zero attached hydrogens (tertiary/aromatic N) is 4. The molecule has 0 N–H and O–H groups in total. The molecule has 6 heteroatoms. The minimum atomic E-state index is -0.314. The van der Waals surface area contributed by atoms with Gasteiger partial charge < -0.3 is 9.64 Å². The standard InChI is InChI=1S/C14H17FN4O/c1-11-6-17-19(8-11)10-13-9-18(4-5-20-13)14-3-2-12(15)7-16-14/h2-3,6-8,13H,4-5,9-10H2,1H3. The predicted octanol–water partition coefficient (Wildman–Crippen LogP) is 1.63. The van der Waals surface area contributed by atoms with Crippen molar-refractivity contribution in [2.75, 3.05) is 24.6 Å². The lowest BCUT2D eigenvalue weighted by Gasteiger charge is -2.33. The first-order chi connectivity index (χ1) is 9.70. The molecule has 2 aromatic heterocycles. The van der Waals surface area contributed by atoms with Crippen LogP contribution in [0.15, 0.2) is 30.7 Å². The molecule has 0 spiro atoms. The molecule has 0 amide bonds. The summed E-state index contributed by atoms with van der Waals surface area (Å²) in [5.74, 6) is 0.474. The van der Waals surface area contributed by atoms with Crippen molar-refractivity contribution in [3.63, 3.8) is 0 Å². The first kappa shape index (κ1) is 13.1. The van der Waals surface area contributed by atoms with Crippen LogP contribution in [0.25, 0.3) is 0 Å². The molecule has 1 fully saturated rings. The molecule has 20 heavy (non-hydrogen) atoms. The SMILES string of the molecule is Cc1cnn(CC2CN(c3ccc(F)cn3)CCO2)c1. The van der Waals surface area contributed by atoms with E-state index in [0.717, 1.165) is 24.5 Å². The van der Waals surface area contributed by atoms with Crippen LogP contribution in [-0.2, 0) is 11.3 Å². The second kappa shape index (κ2) is 5.58. The Bertz CT molecular complexity index is 569. The first-order valence-electron chi connectivity index (χ1n) is 6.68. The van der Waals surface area contributed by atoms with Crippen LogP contribution in [0, 0.1) is 12.7 Å². The Morgan fingerprint density at radius 1 is 1.40 bits per heavy atom. The minimum Gasteiger partial charge on any atom is -0.373 e. The normalized spacial score (nSPS) is 19.3. The fourth-order valence-corrected chi connectivity index (χ4v) is 2.37. The van der Waals surface area contributed by atoms with Gasteiger partial charge in [0.15, 0.2) is 0 Å². The largest absolute Gasteiger partial charge is 0.373 e. The van der Waals surface area contributed by atoms with E-state index in [1.807, 2.05) is 24.0 Å². The van der Waals surface area contributed by atoms with E-state index in [-0.39, 0.29) is 11.9 Å². The molecule has 1 saturated heterocycles. The molecule has 106 valence electrons. The Morgan fingerprint density at radius 3 is 3.00 bits per heavy atom. The third kappa shape index (κ3) is 2.96. The average Bonchev–Trinajstić information content (AvgIpc) is 2.85. The van der Waals surface area contributed by atoms with Gasteiger partial charge in [-0.1, -0.05) is 0 Å². The van der Waals surface area contributed by atoms with Crippen LogP contribution < -0.4 is 4.90 Å². The molecule has 0 radical (unpaired) electrons. The highest BCUT2D eigenvalue weighted by atomic mass is 19.1. The second-order valence-corrected chi connectivity index (χ2v) is 5.01. The van der Waals surface area contributed by atoms with Gasteiger partial charge in [0.25, 0.3) is 0 Å². The summed E-state index contributed by atoms with van der Waals surface area (Å²) in [4.78, 5) is 6.24. The summed E-state index contributed by atoms with van der Waals surface area (Å²) in [6.45, 7) is 4.88. The molecular weight excluding hydrogens is 259 g/mol. The van der Waals surface area contributed by atoms with Crippen molar-refractivity contribution in [2.45, 2.75) is 19.6 Å². The van der Waals surface area contributed by atoms with E-state index in [1.54, 1.807) is 6.07 Å². The number of anilines is 1. The van der Waals surface area contributed by atoms with Gasteiger partial charge in [-0.15, -0.1) is 0 Å². The van der Waals surface area contributed by atoms with Gasteiger partial charge in [-0.2, -0.15) is 5.10 Å². The lowest BCUT2D eigenvalue weighted by Crippen LogP contribution is -2.44. The molecule has 0 aliphatic carbocycles. The number of hydrogen-bond donors (Lipinski definition) is 0. The highest BCUT2D eigenvalue weighted by Gasteiger charge is 2.22. The van der Waals surface area contributed by atoms with E-state index >= 15 is 0 Å². The van der Waals surface area contributed by atoms with E-state index in [9.17, 15) is 4.39 Å². The third-order valence-electron chi connectivity index (χ3n) is 3.33. The molecule has 0 aromatic carbocycles. The molecule has 1 unspecified atom stereocenters. The van der Waals surface area contributed by atoms with Crippen LogP contribution in [0.2, 0.25) is 0 Å². The van der Waals surface area contributed by atoms with Crippen LogP contribution in [0.1, 0.15) is 5.56 Å². The van der Waals surface area contributed by atoms with Crippen molar-refractivity contribution in [1.82, 2.24) is 14.8 Å². The minimum absolute atomic E-state index is 0.0647. The maximum atomic E-state index is 12.9. The molecule has 1 aliphatic rings. The Labute approximate surface area is 117 Å². The summed E-state index contributed by atoms with van der Waals surface area (Å²) in [6.07, 6.45) is 5.15. The van der Waals surface area contributed by atoms with Crippen molar-refractivity contribution in [2.24, 2.45) is 0 Å². The topological polar surface area (TPSA) is 43.2 Å². The van der Waals surface area contributed by atoms with Crippen LogP contribution in [-0.4, -0.2) is 40.6 Å². The fraction of sp³-hybridized carbons (Fsp3) is 0.429. The summed E-state index contributed by atoms with van der Waals surface area (Å²) >= 11 is 0. The smallest absolute Gasteiger partial charge is 0.141 e. The predicted molar refractivity (Wildman–Crippen MR) is 73.1 cm³/mol. The molecule has 1 aliphatic heterocycles. The molecule has 3 rings (SSSR count). The number of pyridine rings is 1. The van der Waals surface area contributed by atoms with Gasteiger partial charge in [-0.05, 0) is 24.6 Å². The molecule has 2 aromatic rings. The summed E-state index contributed by atoms with van der Waals surface area (Å²) in [5, 5.41) is 4.27. The monoisotopic (exact) mass is 276 g/mol. The van der Waals surface area contributed by atoms with E-state index < -0.39 is 0 Å². The number of aryl methyl sites for hydroxylation is 1. The van der Waals surface area contributed by atoms with Gasteiger partial charge in [0.1, 0.15) is 11.6 Å². The van der Waals surface area contributed by atoms with E-state index in [2.05, 4.69) is 15.0 Å². The molecule has 3 heterocycles. The van der Waals surface area contributed by atoms with Crippen molar-refractivity contribution < 1.29 is 9.13 Å². The Hall–Kier alpha value is -1.95. The van der Waals surface area contributed by atoms with Gasteiger partial charge >= 0.3 is 0 Å². The van der Waals surface area contributed by atoms with E-state index in [1.165, 1.54) is 12.3 Å². The first-order valence-corrected chi connectivity index (χ1v) is 6.68. The zero-order chi connectivity index (χ0) is 13.9. The lowest BCUT2D eigenvalue weighted by atomic mass is 10.2. The molecule has 0 saturated carbocycles. The zero-order valence-corrected chi connectivity index (χ0v) is 11.4. The summed E-state index contributed by atoms with van der Waals surface area (Å²) in [5.41, 5.74) is 1.14. The van der Waals surface area contributed by atoms with Crippen LogP contribution in [0.4, 0.5) is 10.2 Å². The van der Waals surface area contributed by atoms with Gasteiger partial charge in [0, 0.05) is 19.3 Å². The van der Waals surface area contributed by atoms with E-state index in [4.69, 9.17) is 4.74 Å². The van der Waals surface area contributed by atoms with Crippen LogP contribution in [0.5, 0.6) is 0 Å². The van der Waals surface area contributed by atoms with Crippen LogP contribution in [0.3, 0.4) is 0 Å². The van der Waals surface area contributed by atoms with Crippen LogP contribution >= 0.6 is 0 Å². The van der Waals surface area contributed by atoms with Crippen molar-refractivity contribution in [3.05, 3.63) is 42.1 Å². The number of hydrogen-bond acceptors (Lipinski definition) is 4. The molecule has 0 bridgehead atoms. The summed E-state index contributed by atoms with van der Waals surface area (Å²) < 4.78 is 20.6. The number of halogens is 1. The highest BCUT2D eigenvalue weighted by Crippen LogP contribution is 2.16. The summed E-state index contributed by atoms with van der Waals surface area (Å²) in [6, 6.07) is 3.14. The van der Waals surface area contributed by atoms with Crippen molar-refractivity contribution in [1.29, 1.82) is 0 Å². The highest BCUT2D eigenvalue weighted by molar-refractivity contribution is 5.38. The fourth-order valence-electron chi connectivity index (χ4n) is 2.37. The number of morpholine rings is 1. The Morgan fingerprint density at radius 2 is 2.30 bits per heavy atom. The lowest BCUT2D eigenvalue weighted by molar-refractivity contribution is 0.0272. The van der Waals surface area contributed by atoms with E-state index in [0.29, 0.717) is 13.2 Å². The molecule has 1 atom stereocenters. The molecular formula is C14H17FN4O. The average molecular weight is 276 g/mol. The Balaban J connectivity index is 1.65.